The van der Waals surface area contributed by atoms with E-state index in [-0.39, 0.29) is 11.7 Å². The number of carbonyl (C=O) groups excluding carboxylic acids is 2. The Morgan fingerprint density at radius 2 is 1.92 bits per heavy atom. The Morgan fingerprint density at radius 1 is 1.15 bits per heavy atom. The van der Waals surface area contributed by atoms with E-state index in [0.29, 0.717) is 23.5 Å². The molecule has 6 heteroatoms. The van der Waals surface area contributed by atoms with Crippen LogP contribution in [0, 0.1) is 0 Å². The number of anilines is 1. The van der Waals surface area contributed by atoms with Crippen molar-refractivity contribution in [3.63, 3.8) is 0 Å². The summed E-state index contributed by atoms with van der Waals surface area (Å²) in [5, 5.41) is 2.83. The molecule has 0 aliphatic carbocycles. The minimum atomic E-state index is -0.540. The van der Waals surface area contributed by atoms with Gasteiger partial charge in [0.15, 0.2) is 11.9 Å². The van der Waals surface area contributed by atoms with Gasteiger partial charge in [-0.2, -0.15) is 0 Å². The number of rotatable bonds is 4. The molecule has 0 spiro atoms. The molecule has 0 radical (unpaired) electrons. The number of imidazole rings is 1. The molecule has 3 aromatic rings. The zero-order valence-corrected chi connectivity index (χ0v) is 14.2. The van der Waals surface area contributed by atoms with E-state index in [9.17, 15) is 9.59 Å². The standard InChI is InChI=1S/C20H17N3O3/c1-23-11-10-21-19(23)18(24)13-6-8-15(9-7-13)22-20(25)17-12-14-4-2-3-5-16(14)26-17/h2-11,17H,12H2,1H3,(H,22,25)/t17-/m1/s1. The lowest BCUT2D eigenvalue weighted by Crippen LogP contribution is -2.31. The number of ether oxygens (including phenoxy) is 1. The number of amides is 1. The number of carbonyl (C=O) groups is 2. The van der Waals surface area contributed by atoms with Crippen molar-refractivity contribution in [1.82, 2.24) is 9.55 Å². The molecule has 4 rings (SSSR count). The Morgan fingerprint density at radius 3 is 2.62 bits per heavy atom. The molecular formula is C20H17N3O3. The Kier molecular flexibility index (Phi) is 4.01. The van der Waals surface area contributed by atoms with Gasteiger partial charge in [0, 0.05) is 37.1 Å². The van der Waals surface area contributed by atoms with Gasteiger partial charge < -0.3 is 14.6 Å². The fraction of sp³-hybridized carbons (Fsp3) is 0.150. The zero-order chi connectivity index (χ0) is 18.1. The number of fused-ring (bicyclic) bond motifs is 1. The zero-order valence-electron chi connectivity index (χ0n) is 14.2. The van der Waals surface area contributed by atoms with E-state index >= 15 is 0 Å². The van der Waals surface area contributed by atoms with E-state index in [2.05, 4.69) is 10.3 Å². The number of aromatic nitrogens is 2. The van der Waals surface area contributed by atoms with Gasteiger partial charge in [0.25, 0.3) is 5.91 Å². The van der Waals surface area contributed by atoms with E-state index < -0.39 is 6.10 Å². The summed E-state index contributed by atoms with van der Waals surface area (Å²) in [5.41, 5.74) is 2.16. The largest absolute Gasteiger partial charge is 0.480 e. The van der Waals surface area contributed by atoms with E-state index in [4.69, 9.17) is 4.74 Å². The smallest absolute Gasteiger partial charge is 0.265 e. The third-order valence-electron chi connectivity index (χ3n) is 4.38. The van der Waals surface area contributed by atoms with Crippen LogP contribution in [0.1, 0.15) is 21.7 Å². The summed E-state index contributed by atoms with van der Waals surface area (Å²) in [6.07, 6.45) is 3.32. The van der Waals surface area contributed by atoms with Crippen molar-refractivity contribution in [1.29, 1.82) is 0 Å². The molecule has 2 heterocycles. The predicted octanol–water partition coefficient (Wildman–Crippen LogP) is 2.59. The fourth-order valence-corrected chi connectivity index (χ4v) is 2.97. The number of aryl methyl sites for hydroxylation is 1. The van der Waals surface area contributed by atoms with Gasteiger partial charge in [-0.15, -0.1) is 0 Å². The molecule has 0 bridgehead atoms. The van der Waals surface area contributed by atoms with Crippen molar-refractivity contribution in [3.05, 3.63) is 77.9 Å². The maximum Gasteiger partial charge on any atom is 0.265 e. The van der Waals surface area contributed by atoms with E-state index in [1.165, 1.54) is 0 Å². The van der Waals surface area contributed by atoms with Crippen LogP contribution in [0.15, 0.2) is 60.9 Å². The normalized spacial score (nSPS) is 15.2. The van der Waals surface area contributed by atoms with Gasteiger partial charge >= 0.3 is 0 Å². The molecule has 6 nitrogen and oxygen atoms in total. The SMILES string of the molecule is Cn1ccnc1C(=O)c1ccc(NC(=O)[C@H]2Cc3ccccc3O2)cc1. The number of hydrogen-bond donors (Lipinski definition) is 1. The third kappa shape index (κ3) is 2.97. The first-order valence-electron chi connectivity index (χ1n) is 8.29. The first-order chi connectivity index (χ1) is 12.6. The Hall–Kier alpha value is -3.41. The van der Waals surface area contributed by atoms with Gasteiger partial charge in [-0.05, 0) is 35.9 Å². The molecule has 1 aromatic heterocycles. The summed E-state index contributed by atoms with van der Waals surface area (Å²) >= 11 is 0. The molecule has 0 unspecified atom stereocenters. The van der Waals surface area contributed by atoms with E-state index in [1.54, 1.807) is 48.3 Å². The number of nitrogens with one attached hydrogen (secondary N) is 1. The number of ketones is 1. The lowest BCUT2D eigenvalue weighted by atomic mass is 10.1. The van der Waals surface area contributed by atoms with Gasteiger partial charge in [0.2, 0.25) is 5.78 Å². The van der Waals surface area contributed by atoms with Crippen molar-refractivity contribution in [3.8, 4) is 5.75 Å². The average Bonchev–Trinajstić information content (AvgIpc) is 3.27. The minimum absolute atomic E-state index is 0.162. The number of para-hydroxylation sites is 1. The Bertz CT molecular complexity index is 951. The molecular weight excluding hydrogens is 330 g/mol. The van der Waals surface area contributed by atoms with Crippen LogP contribution in [0.4, 0.5) is 5.69 Å². The maximum atomic E-state index is 12.4. The van der Waals surface area contributed by atoms with Gasteiger partial charge in [-0.3, -0.25) is 9.59 Å². The first-order valence-corrected chi connectivity index (χ1v) is 8.29. The fourth-order valence-electron chi connectivity index (χ4n) is 2.97. The van der Waals surface area contributed by atoms with E-state index in [1.807, 2.05) is 24.3 Å². The molecule has 1 amide bonds. The second-order valence-corrected chi connectivity index (χ2v) is 6.18. The van der Waals surface area contributed by atoms with Crippen molar-refractivity contribution in [2.24, 2.45) is 7.05 Å². The molecule has 130 valence electrons. The topological polar surface area (TPSA) is 73.2 Å². The first kappa shape index (κ1) is 16.1. The van der Waals surface area contributed by atoms with E-state index in [0.717, 1.165) is 11.3 Å². The van der Waals surface area contributed by atoms with Crippen molar-refractivity contribution >= 4 is 17.4 Å². The Labute approximate surface area is 150 Å². The quantitative estimate of drug-likeness (QED) is 0.736. The summed E-state index contributed by atoms with van der Waals surface area (Å²) in [5.74, 6) is 0.761. The second-order valence-electron chi connectivity index (χ2n) is 6.18. The second kappa shape index (κ2) is 6.48. The minimum Gasteiger partial charge on any atom is -0.480 e. The lowest BCUT2D eigenvalue weighted by Gasteiger charge is -2.11. The molecule has 0 fully saturated rings. The van der Waals surface area contributed by atoms with Crippen LogP contribution in [0.25, 0.3) is 0 Å². The van der Waals surface area contributed by atoms with Crippen molar-refractivity contribution < 1.29 is 14.3 Å². The van der Waals surface area contributed by atoms with Gasteiger partial charge in [-0.1, -0.05) is 18.2 Å². The molecule has 1 aliphatic rings. The van der Waals surface area contributed by atoms with Crippen LogP contribution in [-0.2, 0) is 18.3 Å². The molecule has 26 heavy (non-hydrogen) atoms. The molecule has 2 aromatic carbocycles. The highest BCUT2D eigenvalue weighted by molar-refractivity contribution is 6.07. The number of benzene rings is 2. The van der Waals surface area contributed by atoms with Crippen LogP contribution < -0.4 is 10.1 Å². The highest BCUT2D eigenvalue weighted by Crippen LogP contribution is 2.28. The predicted molar refractivity (Wildman–Crippen MR) is 96.3 cm³/mol. The van der Waals surface area contributed by atoms with Gasteiger partial charge in [-0.25, -0.2) is 4.98 Å². The monoisotopic (exact) mass is 347 g/mol. The van der Waals surface area contributed by atoms with Gasteiger partial charge in [0.05, 0.1) is 0 Å². The summed E-state index contributed by atoms with van der Waals surface area (Å²) in [6.45, 7) is 0. The highest BCUT2D eigenvalue weighted by atomic mass is 16.5. The summed E-state index contributed by atoms with van der Waals surface area (Å²) in [4.78, 5) is 28.9. The van der Waals surface area contributed by atoms with Crippen LogP contribution in [0.2, 0.25) is 0 Å². The number of hydrogen-bond acceptors (Lipinski definition) is 4. The van der Waals surface area contributed by atoms with Crippen LogP contribution in [0.3, 0.4) is 0 Å². The molecule has 1 aliphatic heterocycles. The molecule has 0 saturated heterocycles. The molecule has 1 N–H and O–H groups in total. The highest BCUT2D eigenvalue weighted by Gasteiger charge is 2.28. The molecule has 0 saturated carbocycles. The van der Waals surface area contributed by atoms with Crippen LogP contribution >= 0.6 is 0 Å². The van der Waals surface area contributed by atoms with Crippen molar-refractivity contribution in [2.75, 3.05) is 5.32 Å². The average molecular weight is 347 g/mol. The summed E-state index contributed by atoms with van der Waals surface area (Å²) in [7, 11) is 1.77. The lowest BCUT2D eigenvalue weighted by molar-refractivity contribution is -0.122. The molecule has 1 atom stereocenters. The maximum absolute atomic E-state index is 12.4. The number of nitrogens with zero attached hydrogens (tertiary/aromatic N) is 2. The Balaban J connectivity index is 1.43. The van der Waals surface area contributed by atoms with Crippen LogP contribution in [-0.4, -0.2) is 27.3 Å². The third-order valence-corrected chi connectivity index (χ3v) is 4.38. The van der Waals surface area contributed by atoms with Gasteiger partial charge in [0.1, 0.15) is 5.75 Å². The van der Waals surface area contributed by atoms with Crippen molar-refractivity contribution in [2.45, 2.75) is 12.5 Å². The van der Waals surface area contributed by atoms with Crippen LogP contribution in [0.5, 0.6) is 5.75 Å². The summed E-state index contributed by atoms with van der Waals surface area (Å²) < 4.78 is 7.36. The summed E-state index contributed by atoms with van der Waals surface area (Å²) in [6, 6.07) is 14.4.